The van der Waals surface area contributed by atoms with Crippen molar-refractivity contribution in [3.8, 4) is 0 Å². The quantitative estimate of drug-likeness (QED) is 0.0455. The van der Waals surface area contributed by atoms with Gasteiger partial charge in [-0.15, -0.1) is 0 Å². The predicted octanol–water partition coefficient (Wildman–Crippen LogP) is -4.43. The molecular formula is C65H115N13O20. The molecule has 2 saturated heterocycles. The van der Waals surface area contributed by atoms with Crippen LogP contribution in [-0.4, -0.2) is 252 Å². The highest BCUT2D eigenvalue weighted by molar-refractivity contribution is 6.00. The number of nitrogens with two attached hydrogens (primary N) is 1. The standard InChI is InChI=1S/C65H115N13O20/c1-16-18-19-20-21-22-38-26-45(85)71-46(31(5)6)58(91)76-50(53(86)32(7)8)61(94)67-35(12)55(88)75-51(54(87)33(9)10)62(95)69-40(23-24-44(66)84)64(97)77(15)52(34(11)17-2)63(96)74-49(43(83)29-79)60(93)73-48(37(14)81)65(98)78-28-39(82)27-42(78)57(90)70-41(25-30(3)4)56(89)72-47(36(13)80)59(92)68-38/h30-43,46-54,79-83,86-87H,16-29H2,1-15H3,(H2,66,84)(H,67,94)(H,68,92)(H,69,95)(H,70,90)(H,71,85)(H,72,89)(H,73,93)(H,74,96)(H,75,88)(H,76,91)/t34?,35-,36?,37?,38+,39+,40+,41+,42-,43-,46-,47-,48-,49+,50+,51+,52-,53-,54+/m0/s1. The number of unbranched alkanes of at least 4 members (excludes halogenated alkanes) is 4. The minimum atomic E-state index is -2.17. The zero-order chi connectivity index (χ0) is 74.9. The van der Waals surface area contributed by atoms with Crippen LogP contribution in [0.2, 0.25) is 0 Å². The van der Waals surface area contributed by atoms with Crippen LogP contribution in [0.1, 0.15) is 174 Å². The smallest absolute Gasteiger partial charge is 0.248 e. The van der Waals surface area contributed by atoms with Crippen molar-refractivity contribution in [3.63, 3.8) is 0 Å². The number of rotatable bonds is 22. The van der Waals surface area contributed by atoms with Gasteiger partial charge in [0.15, 0.2) is 0 Å². The summed E-state index contributed by atoms with van der Waals surface area (Å²) in [5.41, 5.74) is 5.50. The van der Waals surface area contributed by atoms with Crippen LogP contribution in [0.5, 0.6) is 0 Å². The number of likely N-dealkylation sites (N-methyl/N-ethyl adjacent to an activating group) is 1. The molecule has 19 N–H and O–H groups in total. The van der Waals surface area contributed by atoms with Gasteiger partial charge in [-0.2, -0.15) is 0 Å². The second kappa shape index (κ2) is 41.4. The van der Waals surface area contributed by atoms with Gasteiger partial charge < -0.3 is 104 Å². The number of primary amides is 1. The van der Waals surface area contributed by atoms with E-state index in [0.717, 1.165) is 43.0 Å². The van der Waals surface area contributed by atoms with Gasteiger partial charge in [0, 0.05) is 38.9 Å². The summed E-state index contributed by atoms with van der Waals surface area (Å²) in [6.45, 7) is 19.5. The van der Waals surface area contributed by atoms with E-state index in [9.17, 15) is 98.1 Å². The van der Waals surface area contributed by atoms with Crippen molar-refractivity contribution in [2.24, 2.45) is 35.3 Å². The SMILES string of the molecule is CCCCCCC[C@@H]1CC(=O)N[C@@H](C(C)C)C(=O)N[C@H]([C@@H](O)C(C)C)C(=O)N[C@@H](C)C(=O)N[C@H]([C@H](O)C(C)C)C(=O)N[C@H](CCC(N)=O)C(=O)N(C)[C@@H](C(C)CC)C(=O)N[C@H]([C@@H](O)CO)C(=O)N[C@@H](C(C)O)C(=O)N2C[C@H](O)C[C@H]2C(=O)N[C@H](CC(C)C)C(=O)N[C@@H](C(C)O)C(=O)N1. The van der Waals surface area contributed by atoms with E-state index in [1.165, 1.54) is 48.5 Å². The normalized spacial score (nSPS) is 28.7. The van der Waals surface area contributed by atoms with Gasteiger partial charge in [0.05, 0.1) is 37.1 Å². The average molecular weight is 1400 g/mol. The molecule has 13 amide bonds. The first kappa shape index (κ1) is 86.9. The first-order valence-electron chi connectivity index (χ1n) is 34.2. The molecule has 3 unspecified atom stereocenters. The number of hydrogen-bond donors (Lipinski definition) is 18. The Bertz CT molecular complexity index is 2700. The van der Waals surface area contributed by atoms with E-state index in [1.54, 1.807) is 34.6 Å². The minimum Gasteiger partial charge on any atom is -0.394 e. The molecule has 33 heteroatoms. The number of aliphatic hydroxyl groups excluding tert-OH is 7. The molecule has 0 saturated carbocycles. The first-order valence-corrected chi connectivity index (χ1v) is 34.2. The molecule has 33 nitrogen and oxygen atoms in total. The summed E-state index contributed by atoms with van der Waals surface area (Å²) < 4.78 is 0. The van der Waals surface area contributed by atoms with Crippen LogP contribution in [0.25, 0.3) is 0 Å². The molecule has 98 heavy (non-hydrogen) atoms. The highest BCUT2D eigenvalue weighted by Crippen LogP contribution is 2.23. The molecular weight excluding hydrogens is 1280 g/mol. The average Bonchev–Trinajstić information content (AvgIpc) is 1.56. The number of aliphatic hydroxyl groups is 7. The van der Waals surface area contributed by atoms with Gasteiger partial charge in [-0.25, -0.2) is 0 Å². The Labute approximate surface area is 574 Å². The molecule has 19 atom stereocenters. The number of nitrogens with zero attached hydrogens (tertiary/aromatic N) is 2. The second-order valence-corrected chi connectivity index (χ2v) is 27.7. The van der Waals surface area contributed by atoms with E-state index in [4.69, 9.17) is 5.73 Å². The van der Waals surface area contributed by atoms with Crippen molar-refractivity contribution in [1.82, 2.24) is 63.0 Å². The number of carbonyl (C=O) groups is 13. The third kappa shape index (κ3) is 26.5. The summed E-state index contributed by atoms with van der Waals surface area (Å²) in [7, 11) is 1.13. The first-order chi connectivity index (χ1) is 45.6. The van der Waals surface area contributed by atoms with E-state index in [1.807, 2.05) is 6.92 Å². The van der Waals surface area contributed by atoms with E-state index >= 15 is 0 Å². The lowest BCUT2D eigenvalue weighted by Crippen LogP contribution is -2.65. The van der Waals surface area contributed by atoms with E-state index in [0.29, 0.717) is 12.8 Å². The molecule has 0 aromatic rings. The number of amides is 13. The lowest BCUT2D eigenvalue weighted by Gasteiger charge is -2.36. The number of hydrogen-bond acceptors (Lipinski definition) is 20. The van der Waals surface area contributed by atoms with Crippen LogP contribution in [0.15, 0.2) is 0 Å². The summed E-state index contributed by atoms with van der Waals surface area (Å²) in [5, 5.41) is 102. The van der Waals surface area contributed by atoms with Crippen LogP contribution in [0.3, 0.4) is 0 Å². The summed E-state index contributed by atoms with van der Waals surface area (Å²) in [6, 6.07) is -20.1. The summed E-state index contributed by atoms with van der Waals surface area (Å²) >= 11 is 0. The molecule has 2 fully saturated rings. The topological polar surface area (TPSA) is 516 Å². The molecule has 2 aliphatic heterocycles. The van der Waals surface area contributed by atoms with Crippen molar-refractivity contribution >= 4 is 76.8 Å². The molecule has 0 bridgehead atoms. The fourth-order valence-corrected chi connectivity index (χ4v) is 11.4. The van der Waals surface area contributed by atoms with Crippen LogP contribution in [-0.2, 0) is 62.3 Å². The molecule has 0 aromatic carbocycles. The van der Waals surface area contributed by atoms with E-state index < -0.39 is 248 Å². The minimum absolute atomic E-state index is 0.0942. The van der Waals surface area contributed by atoms with Crippen molar-refractivity contribution < 1.29 is 98.1 Å². The zero-order valence-electron chi connectivity index (χ0n) is 59.6. The van der Waals surface area contributed by atoms with Crippen molar-refractivity contribution in [1.29, 1.82) is 0 Å². The molecule has 0 spiro atoms. The molecule has 0 aliphatic carbocycles. The second-order valence-electron chi connectivity index (χ2n) is 27.7. The summed E-state index contributed by atoms with van der Waals surface area (Å²) in [6.07, 6.45) is -8.27. The molecule has 560 valence electrons. The number of carbonyl (C=O) groups excluding carboxylic acids is 13. The molecule has 2 rings (SSSR count). The van der Waals surface area contributed by atoms with E-state index in [2.05, 4.69) is 53.2 Å². The van der Waals surface area contributed by atoms with Gasteiger partial charge in [-0.1, -0.05) is 115 Å². The maximum Gasteiger partial charge on any atom is 0.248 e. The predicted molar refractivity (Wildman–Crippen MR) is 356 cm³/mol. The van der Waals surface area contributed by atoms with Crippen LogP contribution in [0, 0.1) is 29.6 Å². The maximum atomic E-state index is 14.7. The number of nitrogens with one attached hydrogen (secondary N) is 10. The largest absolute Gasteiger partial charge is 0.394 e. The Morgan fingerprint density at radius 3 is 1.54 bits per heavy atom. The van der Waals surface area contributed by atoms with Crippen LogP contribution < -0.4 is 58.9 Å². The van der Waals surface area contributed by atoms with Crippen molar-refractivity contribution in [2.45, 2.75) is 283 Å². The Kier molecular flexibility index (Phi) is 36.7. The fourth-order valence-electron chi connectivity index (χ4n) is 11.4. The van der Waals surface area contributed by atoms with Crippen LogP contribution >= 0.6 is 0 Å². The number of fused-ring (bicyclic) bond motifs is 1. The third-order valence-electron chi connectivity index (χ3n) is 17.6. The third-order valence-corrected chi connectivity index (χ3v) is 17.6. The lowest BCUT2D eigenvalue weighted by molar-refractivity contribution is -0.147. The molecule has 2 heterocycles. The highest BCUT2D eigenvalue weighted by atomic mass is 16.3. The van der Waals surface area contributed by atoms with Crippen molar-refractivity contribution in [3.05, 3.63) is 0 Å². The Hall–Kier alpha value is -7.17. The lowest BCUT2D eigenvalue weighted by atomic mass is 9.94. The Morgan fingerprint density at radius 1 is 0.541 bits per heavy atom. The zero-order valence-corrected chi connectivity index (χ0v) is 59.6. The van der Waals surface area contributed by atoms with Crippen molar-refractivity contribution in [2.75, 3.05) is 20.2 Å². The van der Waals surface area contributed by atoms with Gasteiger partial charge in [0.2, 0.25) is 76.8 Å². The van der Waals surface area contributed by atoms with Gasteiger partial charge in [0.1, 0.15) is 72.6 Å². The van der Waals surface area contributed by atoms with Gasteiger partial charge in [0.25, 0.3) is 0 Å². The van der Waals surface area contributed by atoms with Crippen LogP contribution in [0.4, 0.5) is 0 Å². The van der Waals surface area contributed by atoms with Gasteiger partial charge in [-0.3, -0.25) is 62.3 Å². The Balaban J connectivity index is 2.98. The summed E-state index contributed by atoms with van der Waals surface area (Å²) in [4.78, 5) is 187. The Morgan fingerprint density at radius 2 is 1.03 bits per heavy atom. The highest BCUT2D eigenvalue weighted by Gasteiger charge is 2.47. The fraction of sp³-hybridized carbons (Fsp3) is 0.800. The maximum absolute atomic E-state index is 14.7. The molecule has 2 aliphatic rings. The van der Waals surface area contributed by atoms with Gasteiger partial charge in [-0.05, 0) is 69.6 Å². The van der Waals surface area contributed by atoms with E-state index in [-0.39, 0.29) is 25.2 Å². The molecule has 0 aromatic heterocycles. The monoisotopic (exact) mass is 1400 g/mol. The van der Waals surface area contributed by atoms with Gasteiger partial charge >= 0.3 is 0 Å². The summed E-state index contributed by atoms with van der Waals surface area (Å²) in [5.74, 6) is -17.2. The molecule has 0 radical (unpaired) electrons.